The Morgan fingerprint density at radius 2 is 1.73 bits per heavy atom. The number of carbonyl (C=O) groups is 1. The monoisotopic (exact) mass is 443 g/mol. The Morgan fingerprint density at radius 1 is 1.10 bits per heavy atom. The lowest BCUT2D eigenvalue weighted by molar-refractivity contribution is 0.102. The maximum atomic E-state index is 12.8. The van der Waals surface area contributed by atoms with Crippen molar-refractivity contribution in [2.24, 2.45) is 5.92 Å². The van der Waals surface area contributed by atoms with E-state index in [1.807, 2.05) is 19.9 Å². The second kappa shape index (κ2) is 8.09. The van der Waals surface area contributed by atoms with E-state index in [1.54, 1.807) is 12.1 Å². The first kappa shape index (κ1) is 21.0. The number of thiazole rings is 1. The molecule has 1 aliphatic rings. The van der Waals surface area contributed by atoms with Crippen LogP contribution in [0.25, 0.3) is 10.2 Å². The van der Waals surface area contributed by atoms with Crippen molar-refractivity contribution in [3.05, 3.63) is 53.1 Å². The van der Waals surface area contributed by atoms with Crippen LogP contribution in [-0.4, -0.2) is 36.7 Å². The number of fused-ring (bicyclic) bond motifs is 1. The molecular weight excluding hydrogens is 418 g/mol. The topological polar surface area (TPSA) is 79.4 Å². The number of aryl methyl sites for hydroxylation is 2. The lowest BCUT2D eigenvalue weighted by Gasteiger charge is -2.29. The molecule has 1 fully saturated rings. The highest BCUT2D eigenvalue weighted by molar-refractivity contribution is 7.89. The van der Waals surface area contributed by atoms with Crippen LogP contribution in [0.1, 0.15) is 41.3 Å². The van der Waals surface area contributed by atoms with Crippen LogP contribution in [-0.2, 0) is 10.0 Å². The molecule has 0 saturated carbocycles. The third-order valence-corrected chi connectivity index (χ3v) is 8.57. The molecule has 30 heavy (non-hydrogen) atoms. The molecule has 0 atom stereocenters. The predicted molar refractivity (Wildman–Crippen MR) is 121 cm³/mol. The number of amides is 1. The fourth-order valence-corrected chi connectivity index (χ4v) is 5.97. The van der Waals surface area contributed by atoms with E-state index in [0.717, 1.165) is 28.6 Å². The van der Waals surface area contributed by atoms with Crippen LogP contribution in [0.5, 0.6) is 0 Å². The summed E-state index contributed by atoms with van der Waals surface area (Å²) >= 11 is 1.42. The number of aromatic nitrogens is 1. The van der Waals surface area contributed by atoms with Crippen molar-refractivity contribution in [3.8, 4) is 0 Å². The molecule has 4 rings (SSSR count). The number of carbonyl (C=O) groups excluding carboxylic acids is 1. The summed E-state index contributed by atoms with van der Waals surface area (Å²) in [4.78, 5) is 17.3. The van der Waals surface area contributed by atoms with Crippen LogP contribution in [0.15, 0.2) is 41.3 Å². The van der Waals surface area contributed by atoms with Gasteiger partial charge in [0, 0.05) is 18.7 Å². The summed E-state index contributed by atoms with van der Waals surface area (Å²) in [6.45, 7) is 7.31. The van der Waals surface area contributed by atoms with Crippen molar-refractivity contribution in [3.63, 3.8) is 0 Å². The third-order valence-electron chi connectivity index (χ3n) is 5.72. The van der Waals surface area contributed by atoms with Crippen molar-refractivity contribution in [1.29, 1.82) is 0 Å². The molecule has 0 radical (unpaired) electrons. The van der Waals surface area contributed by atoms with Crippen LogP contribution >= 0.6 is 11.3 Å². The Labute approximate surface area is 181 Å². The first-order valence-electron chi connectivity index (χ1n) is 10.0. The van der Waals surface area contributed by atoms with Gasteiger partial charge in [0.25, 0.3) is 5.91 Å². The maximum absolute atomic E-state index is 12.8. The van der Waals surface area contributed by atoms with Crippen molar-refractivity contribution < 1.29 is 13.2 Å². The Hall–Kier alpha value is -2.29. The minimum Gasteiger partial charge on any atom is -0.298 e. The van der Waals surface area contributed by atoms with E-state index in [-0.39, 0.29) is 10.8 Å². The molecule has 158 valence electrons. The number of piperidine rings is 1. The molecule has 8 heteroatoms. The summed E-state index contributed by atoms with van der Waals surface area (Å²) in [6, 6.07) is 10.2. The normalized spacial score (nSPS) is 16.1. The number of sulfonamides is 1. The lowest BCUT2D eigenvalue weighted by atomic mass is 10.0. The van der Waals surface area contributed by atoms with Gasteiger partial charge < -0.3 is 0 Å². The van der Waals surface area contributed by atoms with E-state index in [9.17, 15) is 13.2 Å². The molecule has 1 aliphatic heterocycles. The van der Waals surface area contributed by atoms with E-state index in [2.05, 4.69) is 23.3 Å². The Bertz CT molecular complexity index is 1150. The highest BCUT2D eigenvalue weighted by Gasteiger charge is 2.28. The van der Waals surface area contributed by atoms with Gasteiger partial charge in [0.05, 0.1) is 15.1 Å². The SMILES string of the molecule is Cc1cc2nc(NC(=O)c3ccc(S(=O)(=O)N4CCC(C)CC4)cc3)sc2cc1C. The molecule has 1 aromatic heterocycles. The van der Waals surface area contributed by atoms with E-state index in [4.69, 9.17) is 0 Å². The first-order chi connectivity index (χ1) is 14.2. The zero-order valence-corrected chi connectivity index (χ0v) is 18.9. The molecule has 3 aromatic rings. The smallest absolute Gasteiger partial charge is 0.257 e. The summed E-state index contributed by atoms with van der Waals surface area (Å²) in [5.74, 6) is 0.246. The molecular formula is C22H25N3O3S2. The zero-order valence-electron chi connectivity index (χ0n) is 17.3. The van der Waals surface area contributed by atoms with Crippen LogP contribution in [0.3, 0.4) is 0 Å². The van der Waals surface area contributed by atoms with E-state index >= 15 is 0 Å². The zero-order chi connectivity index (χ0) is 21.5. The van der Waals surface area contributed by atoms with Crippen molar-refractivity contribution in [2.45, 2.75) is 38.5 Å². The Morgan fingerprint density at radius 3 is 2.40 bits per heavy atom. The third kappa shape index (κ3) is 4.12. The number of anilines is 1. The summed E-state index contributed by atoms with van der Waals surface area (Å²) in [7, 11) is -3.52. The van der Waals surface area contributed by atoms with Gasteiger partial charge in [0.1, 0.15) is 0 Å². The van der Waals surface area contributed by atoms with Gasteiger partial charge in [-0.15, -0.1) is 0 Å². The second-order valence-electron chi connectivity index (χ2n) is 7.99. The molecule has 6 nitrogen and oxygen atoms in total. The highest BCUT2D eigenvalue weighted by atomic mass is 32.2. The molecule has 1 saturated heterocycles. The largest absolute Gasteiger partial charge is 0.298 e. The van der Waals surface area contributed by atoms with Gasteiger partial charge in [-0.25, -0.2) is 13.4 Å². The number of nitrogens with zero attached hydrogens (tertiary/aromatic N) is 2. The summed E-state index contributed by atoms with van der Waals surface area (Å²) in [6.07, 6.45) is 1.75. The summed E-state index contributed by atoms with van der Waals surface area (Å²) in [5.41, 5.74) is 3.60. The van der Waals surface area contributed by atoms with Gasteiger partial charge in [0.15, 0.2) is 5.13 Å². The van der Waals surface area contributed by atoms with E-state index in [0.29, 0.717) is 29.7 Å². The standard InChI is InChI=1S/C22H25N3O3S2/c1-14-8-10-25(11-9-14)30(27,28)18-6-4-17(5-7-18)21(26)24-22-23-19-12-15(2)16(3)13-20(19)29-22/h4-7,12-14H,8-11H2,1-3H3,(H,23,24,26). The van der Waals surface area contributed by atoms with Crippen molar-refractivity contribution in [2.75, 3.05) is 18.4 Å². The number of rotatable bonds is 4. The molecule has 2 aromatic carbocycles. The maximum Gasteiger partial charge on any atom is 0.257 e. The van der Waals surface area contributed by atoms with Crippen molar-refractivity contribution >= 4 is 42.6 Å². The summed E-state index contributed by atoms with van der Waals surface area (Å²) < 4.78 is 28.2. The van der Waals surface area contributed by atoms with Gasteiger partial charge in [-0.2, -0.15) is 4.31 Å². The van der Waals surface area contributed by atoms with Crippen LogP contribution in [0.4, 0.5) is 5.13 Å². The van der Waals surface area contributed by atoms with Crippen LogP contribution < -0.4 is 5.32 Å². The van der Waals surface area contributed by atoms with Crippen molar-refractivity contribution in [1.82, 2.24) is 9.29 Å². The Kier molecular flexibility index (Phi) is 5.65. The lowest BCUT2D eigenvalue weighted by Crippen LogP contribution is -2.37. The number of hydrogen-bond acceptors (Lipinski definition) is 5. The fourth-order valence-electron chi connectivity index (χ4n) is 3.56. The van der Waals surface area contributed by atoms with E-state index < -0.39 is 10.0 Å². The molecule has 2 heterocycles. The fraction of sp³-hybridized carbons (Fsp3) is 0.364. The molecule has 0 spiro atoms. The number of hydrogen-bond donors (Lipinski definition) is 1. The van der Waals surface area contributed by atoms with Crippen LogP contribution in [0, 0.1) is 19.8 Å². The average molecular weight is 444 g/mol. The predicted octanol–water partition coefficient (Wildman–Crippen LogP) is 4.59. The van der Waals surface area contributed by atoms with Gasteiger partial charge in [0.2, 0.25) is 10.0 Å². The van der Waals surface area contributed by atoms with Crippen LogP contribution in [0.2, 0.25) is 0 Å². The van der Waals surface area contributed by atoms with Gasteiger partial charge in [-0.3, -0.25) is 10.1 Å². The summed E-state index contributed by atoms with van der Waals surface area (Å²) in [5, 5.41) is 3.35. The second-order valence-corrected chi connectivity index (χ2v) is 11.0. The minimum atomic E-state index is -3.52. The van der Waals surface area contributed by atoms with Gasteiger partial charge in [-0.05, 0) is 80.1 Å². The number of benzene rings is 2. The molecule has 0 aliphatic carbocycles. The number of nitrogens with one attached hydrogen (secondary N) is 1. The average Bonchev–Trinajstić information content (AvgIpc) is 3.09. The van der Waals surface area contributed by atoms with Gasteiger partial charge in [-0.1, -0.05) is 18.3 Å². The van der Waals surface area contributed by atoms with Gasteiger partial charge >= 0.3 is 0 Å². The van der Waals surface area contributed by atoms with E-state index in [1.165, 1.54) is 33.3 Å². The first-order valence-corrected chi connectivity index (χ1v) is 12.3. The molecule has 0 bridgehead atoms. The quantitative estimate of drug-likeness (QED) is 0.640. The molecule has 0 unspecified atom stereocenters. The Balaban J connectivity index is 1.49. The minimum absolute atomic E-state index is 0.222. The molecule has 1 amide bonds. The molecule has 1 N–H and O–H groups in total. The highest BCUT2D eigenvalue weighted by Crippen LogP contribution is 2.29.